The van der Waals surface area contributed by atoms with Crippen LogP contribution in [0.15, 0.2) is 30.0 Å². The summed E-state index contributed by atoms with van der Waals surface area (Å²) in [6, 6.07) is 5.45. The number of pyridine rings is 1. The first-order chi connectivity index (χ1) is 12.7. The molecule has 0 unspecified atom stereocenters. The maximum absolute atomic E-state index is 12.9. The molecule has 0 saturated carbocycles. The van der Waals surface area contributed by atoms with E-state index in [1.165, 1.54) is 4.52 Å². The van der Waals surface area contributed by atoms with Gasteiger partial charge < -0.3 is 4.90 Å². The molecule has 1 aliphatic heterocycles. The summed E-state index contributed by atoms with van der Waals surface area (Å²) in [5.41, 5.74) is -0.353. The van der Waals surface area contributed by atoms with Gasteiger partial charge in [-0.25, -0.2) is 9.50 Å². The molecule has 8 heteroatoms. The number of amides is 1. The van der Waals surface area contributed by atoms with Gasteiger partial charge in [-0.05, 0) is 25.0 Å². The summed E-state index contributed by atoms with van der Waals surface area (Å²) >= 11 is 6.11. The topological polar surface area (TPSA) is 91.4 Å². The predicted molar refractivity (Wildman–Crippen MR) is 98.1 cm³/mol. The molecule has 0 bridgehead atoms. The molecule has 1 saturated heterocycles. The van der Waals surface area contributed by atoms with E-state index in [-0.39, 0.29) is 28.5 Å². The van der Waals surface area contributed by atoms with Crippen molar-refractivity contribution in [1.29, 1.82) is 5.26 Å². The molecule has 1 spiro atoms. The van der Waals surface area contributed by atoms with Crippen LogP contribution in [0.25, 0.3) is 5.65 Å². The standard InChI is InChI=1S/C19H18ClN5O2/c1-18(2)10-19(8-12(9-21)14(18)26)5-7-24(11-19)17(27)15-22-16-13(20)4-3-6-25(16)23-15/h3-4,6,8H,5,7,10-11H2,1-2H3/t19-/m1/s1. The number of likely N-dealkylation sites (tertiary alicyclic amines) is 1. The van der Waals surface area contributed by atoms with Crippen LogP contribution in [0.1, 0.15) is 37.3 Å². The third-order valence-corrected chi connectivity index (χ3v) is 5.70. The smallest absolute Gasteiger partial charge is 0.293 e. The summed E-state index contributed by atoms with van der Waals surface area (Å²) in [6.07, 6.45) is 4.77. The lowest BCUT2D eigenvalue weighted by atomic mass is 9.64. The minimum atomic E-state index is -0.617. The van der Waals surface area contributed by atoms with Crippen molar-refractivity contribution in [2.75, 3.05) is 13.1 Å². The van der Waals surface area contributed by atoms with Crippen molar-refractivity contribution in [3.63, 3.8) is 0 Å². The Morgan fingerprint density at radius 2 is 2.19 bits per heavy atom. The van der Waals surface area contributed by atoms with Crippen molar-refractivity contribution in [3.05, 3.63) is 40.8 Å². The number of allylic oxidation sites excluding steroid dienone is 1. The summed E-state index contributed by atoms with van der Waals surface area (Å²) in [6.45, 7) is 4.69. The first-order valence-corrected chi connectivity index (χ1v) is 9.10. The quantitative estimate of drug-likeness (QED) is 0.754. The molecule has 3 heterocycles. The second kappa shape index (κ2) is 5.89. The van der Waals surface area contributed by atoms with Crippen LogP contribution in [0.4, 0.5) is 0 Å². The van der Waals surface area contributed by atoms with Crippen LogP contribution in [0.2, 0.25) is 5.02 Å². The van der Waals surface area contributed by atoms with Gasteiger partial charge in [-0.3, -0.25) is 9.59 Å². The number of ketones is 1. The minimum Gasteiger partial charge on any atom is -0.335 e. The Labute approximate surface area is 161 Å². The minimum absolute atomic E-state index is 0.0933. The zero-order valence-corrected chi connectivity index (χ0v) is 15.8. The van der Waals surface area contributed by atoms with E-state index in [0.717, 1.165) is 0 Å². The fraction of sp³-hybridized carbons (Fsp3) is 0.421. The van der Waals surface area contributed by atoms with Crippen LogP contribution in [0.5, 0.6) is 0 Å². The van der Waals surface area contributed by atoms with Crippen LogP contribution in [-0.4, -0.2) is 44.3 Å². The van der Waals surface area contributed by atoms with E-state index in [0.29, 0.717) is 36.6 Å². The fourth-order valence-corrected chi connectivity index (χ4v) is 4.47. The zero-order valence-electron chi connectivity index (χ0n) is 15.1. The van der Waals surface area contributed by atoms with Crippen LogP contribution in [-0.2, 0) is 4.79 Å². The van der Waals surface area contributed by atoms with Crippen LogP contribution < -0.4 is 0 Å². The Bertz CT molecular complexity index is 1050. The van der Waals surface area contributed by atoms with Gasteiger partial charge in [-0.15, -0.1) is 5.10 Å². The molecule has 1 amide bonds. The molecule has 0 radical (unpaired) electrons. The second-order valence-electron chi connectivity index (χ2n) is 7.96. The largest absolute Gasteiger partial charge is 0.335 e. The molecule has 2 aliphatic rings. The first kappa shape index (κ1) is 17.7. The third-order valence-electron chi connectivity index (χ3n) is 5.40. The fourth-order valence-electron chi connectivity index (χ4n) is 4.27. The molecule has 1 fully saturated rings. The number of nitriles is 1. The highest BCUT2D eigenvalue weighted by molar-refractivity contribution is 6.33. The number of rotatable bonds is 1. The number of halogens is 1. The highest BCUT2D eigenvalue weighted by atomic mass is 35.5. The predicted octanol–water partition coefficient (Wildman–Crippen LogP) is 2.66. The van der Waals surface area contributed by atoms with Crippen molar-refractivity contribution < 1.29 is 9.59 Å². The van der Waals surface area contributed by atoms with Gasteiger partial charge in [0.05, 0.1) is 10.6 Å². The van der Waals surface area contributed by atoms with Crippen molar-refractivity contribution in [2.45, 2.75) is 26.7 Å². The molecule has 2 aromatic heterocycles. The highest BCUT2D eigenvalue weighted by Crippen LogP contribution is 2.48. The molecular weight excluding hydrogens is 366 g/mol. The van der Waals surface area contributed by atoms with Gasteiger partial charge in [0.15, 0.2) is 11.4 Å². The Balaban J connectivity index is 1.63. The number of nitrogens with zero attached hydrogens (tertiary/aromatic N) is 5. The lowest BCUT2D eigenvalue weighted by Crippen LogP contribution is -2.40. The Hall–Kier alpha value is -2.72. The molecule has 4 rings (SSSR count). The molecule has 27 heavy (non-hydrogen) atoms. The monoisotopic (exact) mass is 383 g/mol. The number of carbonyl (C=O) groups is 2. The number of hydrogen-bond acceptors (Lipinski definition) is 5. The Kier molecular flexibility index (Phi) is 3.86. The molecule has 138 valence electrons. The summed E-state index contributed by atoms with van der Waals surface area (Å²) in [5, 5.41) is 14.0. The maximum Gasteiger partial charge on any atom is 0.293 e. The number of Topliss-reactive ketones (excluding diaryl/α,β-unsaturated/α-hetero) is 1. The van der Waals surface area contributed by atoms with Crippen LogP contribution in [0, 0.1) is 22.2 Å². The van der Waals surface area contributed by atoms with Crippen LogP contribution >= 0.6 is 11.6 Å². The number of hydrogen-bond donors (Lipinski definition) is 0. The zero-order chi connectivity index (χ0) is 19.4. The summed E-state index contributed by atoms with van der Waals surface area (Å²) in [5.74, 6) is -0.305. The van der Waals surface area contributed by atoms with E-state index < -0.39 is 5.41 Å². The summed E-state index contributed by atoms with van der Waals surface area (Å²) < 4.78 is 1.48. The Morgan fingerprint density at radius 1 is 1.41 bits per heavy atom. The average molecular weight is 384 g/mol. The molecule has 0 N–H and O–H groups in total. The summed E-state index contributed by atoms with van der Waals surface area (Å²) in [7, 11) is 0. The van der Waals surface area contributed by atoms with Gasteiger partial charge in [0, 0.05) is 30.1 Å². The molecule has 1 atom stereocenters. The SMILES string of the molecule is CC1(C)C[C@]2(C=C(C#N)C1=O)CCN(C(=O)c1nc3c(Cl)cccn3n1)C2. The van der Waals surface area contributed by atoms with Gasteiger partial charge in [-0.1, -0.05) is 31.5 Å². The molecular formula is C19H18ClN5O2. The average Bonchev–Trinajstić information content (AvgIpc) is 3.23. The van der Waals surface area contributed by atoms with Crippen molar-refractivity contribution in [1.82, 2.24) is 19.5 Å². The van der Waals surface area contributed by atoms with Crippen LogP contribution in [0.3, 0.4) is 0 Å². The van der Waals surface area contributed by atoms with Gasteiger partial charge >= 0.3 is 0 Å². The maximum atomic E-state index is 12.9. The second-order valence-corrected chi connectivity index (χ2v) is 8.37. The van der Waals surface area contributed by atoms with Crippen molar-refractivity contribution in [2.24, 2.45) is 10.8 Å². The number of fused-ring (bicyclic) bond motifs is 1. The molecule has 2 aromatic rings. The van der Waals surface area contributed by atoms with Gasteiger partial charge in [0.25, 0.3) is 5.91 Å². The van der Waals surface area contributed by atoms with E-state index >= 15 is 0 Å². The first-order valence-electron chi connectivity index (χ1n) is 8.73. The van der Waals surface area contributed by atoms with E-state index in [2.05, 4.69) is 10.1 Å². The normalized spacial score (nSPS) is 24.3. The van der Waals surface area contributed by atoms with Gasteiger partial charge in [0.1, 0.15) is 6.07 Å². The molecule has 1 aliphatic carbocycles. The van der Waals surface area contributed by atoms with Crippen molar-refractivity contribution in [3.8, 4) is 6.07 Å². The lowest BCUT2D eigenvalue weighted by Gasteiger charge is -2.38. The van der Waals surface area contributed by atoms with E-state index in [9.17, 15) is 14.9 Å². The Morgan fingerprint density at radius 3 is 2.89 bits per heavy atom. The number of carbonyl (C=O) groups excluding carboxylic acids is 2. The molecule has 7 nitrogen and oxygen atoms in total. The van der Waals surface area contributed by atoms with Gasteiger partial charge in [-0.2, -0.15) is 5.26 Å². The summed E-state index contributed by atoms with van der Waals surface area (Å²) in [4.78, 5) is 31.3. The molecule has 0 aromatic carbocycles. The van der Waals surface area contributed by atoms with Crippen molar-refractivity contribution >= 4 is 28.9 Å². The lowest BCUT2D eigenvalue weighted by molar-refractivity contribution is -0.125. The van der Waals surface area contributed by atoms with Gasteiger partial charge in [0.2, 0.25) is 5.82 Å². The number of aromatic nitrogens is 3. The van der Waals surface area contributed by atoms with E-state index in [4.69, 9.17) is 11.6 Å². The highest BCUT2D eigenvalue weighted by Gasteiger charge is 2.49. The third kappa shape index (κ3) is 2.81. The van der Waals surface area contributed by atoms with E-state index in [1.54, 1.807) is 29.3 Å². The van der Waals surface area contributed by atoms with E-state index in [1.807, 2.05) is 19.9 Å².